The molecule has 0 saturated carbocycles. The third-order valence-corrected chi connectivity index (χ3v) is 3.48. The maximum Gasteiger partial charge on any atom is 0.332 e. The third kappa shape index (κ3) is 10.9. The van der Waals surface area contributed by atoms with Crippen molar-refractivity contribution in [2.24, 2.45) is 0 Å². The zero-order valence-electron chi connectivity index (χ0n) is 18.2. The SMILES string of the molecule is C=C(C)C(=O)OC.C=CC#N.C=Cc1ccccc1.O=C1C=CC(=O)N1c1ccccc1. The second kappa shape index (κ2) is 16.3. The van der Waals surface area contributed by atoms with Crippen molar-refractivity contribution in [3.8, 4) is 6.07 Å². The summed E-state index contributed by atoms with van der Waals surface area (Å²) >= 11 is 0. The molecule has 0 N–H and O–H groups in total. The molecule has 0 bridgehead atoms. The zero-order valence-corrected chi connectivity index (χ0v) is 18.2. The highest BCUT2D eigenvalue weighted by atomic mass is 16.5. The number of hydrogen-bond donors (Lipinski definition) is 0. The molecule has 2 amide bonds. The monoisotopic (exact) mass is 430 g/mol. The van der Waals surface area contributed by atoms with Crippen LogP contribution in [0.5, 0.6) is 0 Å². The van der Waals surface area contributed by atoms with E-state index in [1.807, 2.05) is 42.5 Å². The number of imide groups is 1. The van der Waals surface area contributed by atoms with Crippen molar-refractivity contribution in [1.82, 2.24) is 0 Å². The van der Waals surface area contributed by atoms with E-state index >= 15 is 0 Å². The van der Waals surface area contributed by atoms with E-state index in [9.17, 15) is 14.4 Å². The first-order valence-corrected chi connectivity index (χ1v) is 9.35. The largest absolute Gasteiger partial charge is 0.466 e. The number of rotatable bonds is 3. The molecule has 0 atom stereocenters. The van der Waals surface area contributed by atoms with E-state index in [1.165, 1.54) is 30.9 Å². The molecule has 32 heavy (non-hydrogen) atoms. The standard InChI is InChI=1S/C10H7NO2.C8H8.C5H8O2.C3H3N/c12-9-6-7-10(13)11(9)8-4-2-1-3-5-8;1-2-8-6-4-3-5-7-8;1-4(2)5(6)7-3;1-2-3-4/h1-7H;2-7H,1H2;1H2,2-3H3;2H,1H2. The molecule has 0 aliphatic carbocycles. The van der Waals surface area contributed by atoms with Crippen LogP contribution < -0.4 is 4.90 Å². The predicted molar refractivity (Wildman–Crippen MR) is 127 cm³/mol. The number of hydrogen-bond acceptors (Lipinski definition) is 5. The van der Waals surface area contributed by atoms with Gasteiger partial charge in [-0.25, -0.2) is 9.69 Å². The molecular weight excluding hydrogens is 404 g/mol. The third-order valence-electron chi connectivity index (χ3n) is 3.48. The van der Waals surface area contributed by atoms with Crippen LogP contribution >= 0.6 is 0 Å². The smallest absolute Gasteiger partial charge is 0.332 e. The average Bonchev–Trinajstić information content (AvgIpc) is 3.18. The van der Waals surface area contributed by atoms with Crippen LogP contribution in [0.4, 0.5) is 5.69 Å². The lowest BCUT2D eigenvalue weighted by Gasteiger charge is -2.12. The molecule has 0 radical (unpaired) electrons. The Morgan fingerprint density at radius 1 is 0.969 bits per heavy atom. The van der Waals surface area contributed by atoms with Crippen molar-refractivity contribution >= 4 is 29.5 Å². The van der Waals surface area contributed by atoms with Crippen molar-refractivity contribution < 1.29 is 19.1 Å². The van der Waals surface area contributed by atoms with E-state index in [0.717, 1.165) is 4.90 Å². The van der Waals surface area contributed by atoms with E-state index in [1.54, 1.807) is 37.3 Å². The van der Waals surface area contributed by atoms with Gasteiger partial charge in [0, 0.05) is 23.8 Å². The number of nitrogens with zero attached hydrogens (tertiary/aromatic N) is 2. The van der Waals surface area contributed by atoms with Crippen LogP contribution in [0.1, 0.15) is 12.5 Å². The molecule has 2 aromatic rings. The lowest BCUT2D eigenvalue weighted by Crippen LogP contribution is -2.29. The summed E-state index contributed by atoms with van der Waals surface area (Å²) in [6, 6.07) is 20.6. The summed E-state index contributed by atoms with van der Waals surface area (Å²) in [7, 11) is 1.33. The minimum absolute atomic E-state index is 0.281. The first-order valence-electron chi connectivity index (χ1n) is 9.35. The van der Waals surface area contributed by atoms with Gasteiger partial charge in [-0.05, 0) is 24.6 Å². The highest BCUT2D eigenvalue weighted by Gasteiger charge is 2.24. The van der Waals surface area contributed by atoms with Gasteiger partial charge < -0.3 is 4.74 Å². The molecule has 0 unspecified atom stereocenters. The summed E-state index contributed by atoms with van der Waals surface area (Å²) in [6.45, 7) is 11.7. The molecule has 1 aliphatic rings. The zero-order chi connectivity index (χ0) is 24.4. The van der Waals surface area contributed by atoms with Crippen LogP contribution in [0, 0.1) is 11.3 Å². The quantitative estimate of drug-likeness (QED) is 0.300. The Hall–Kier alpha value is -4.50. The molecule has 1 heterocycles. The molecule has 0 spiro atoms. The Bertz CT molecular complexity index is 969. The number of ether oxygens (including phenoxy) is 1. The lowest BCUT2D eigenvalue weighted by atomic mass is 10.2. The summed E-state index contributed by atoms with van der Waals surface area (Å²) in [6.07, 6.45) is 5.56. The molecule has 1 aliphatic heterocycles. The molecule has 3 rings (SSSR count). The molecule has 164 valence electrons. The number of carbonyl (C=O) groups excluding carboxylic acids is 3. The van der Waals surface area contributed by atoms with Gasteiger partial charge in [-0.3, -0.25) is 9.59 Å². The summed E-state index contributed by atoms with van der Waals surface area (Å²) in [5.74, 6) is -0.910. The molecule has 0 aromatic heterocycles. The minimum Gasteiger partial charge on any atom is -0.466 e. The summed E-state index contributed by atoms with van der Waals surface area (Å²) in [4.78, 5) is 33.7. The molecule has 0 fully saturated rings. The van der Waals surface area contributed by atoms with Crippen LogP contribution in [-0.2, 0) is 19.1 Å². The molecular formula is C26H26N2O4. The van der Waals surface area contributed by atoms with Crippen molar-refractivity contribution in [3.63, 3.8) is 0 Å². The van der Waals surface area contributed by atoms with Gasteiger partial charge in [-0.15, -0.1) is 0 Å². The van der Waals surface area contributed by atoms with Crippen molar-refractivity contribution in [2.75, 3.05) is 12.0 Å². The fraction of sp³-hybridized carbons (Fsp3) is 0.0769. The van der Waals surface area contributed by atoms with Crippen LogP contribution in [0.15, 0.2) is 104 Å². The number of para-hydroxylation sites is 1. The average molecular weight is 431 g/mol. The fourth-order valence-electron chi connectivity index (χ4n) is 2.00. The van der Waals surface area contributed by atoms with Gasteiger partial charge in [0.15, 0.2) is 0 Å². The highest BCUT2D eigenvalue weighted by Crippen LogP contribution is 2.17. The Morgan fingerprint density at radius 2 is 1.41 bits per heavy atom. The number of benzene rings is 2. The predicted octanol–water partition coefficient (Wildman–Crippen LogP) is 4.88. The summed E-state index contributed by atoms with van der Waals surface area (Å²) in [5.41, 5.74) is 2.22. The van der Waals surface area contributed by atoms with Crippen LogP contribution in [0.2, 0.25) is 0 Å². The number of carbonyl (C=O) groups is 3. The second-order valence-corrected chi connectivity index (χ2v) is 5.90. The first kappa shape index (κ1) is 27.5. The number of methoxy groups -OCH3 is 1. The first-order chi connectivity index (χ1) is 15.3. The topological polar surface area (TPSA) is 87.5 Å². The molecule has 2 aromatic carbocycles. The van der Waals surface area contributed by atoms with Crippen LogP contribution in [0.25, 0.3) is 6.08 Å². The maximum atomic E-state index is 11.2. The maximum absolute atomic E-state index is 11.2. The minimum atomic E-state index is -0.347. The van der Waals surface area contributed by atoms with Crippen molar-refractivity contribution in [2.45, 2.75) is 6.92 Å². The van der Waals surface area contributed by atoms with Gasteiger partial charge in [0.1, 0.15) is 0 Å². The number of esters is 1. The molecule has 6 nitrogen and oxygen atoms in total. The Balaban J connectivity index is 0.000000439. The van der Waals surface area contributed by atoms with Gasteiger partial charge in [0.2, 0.25) is 0 Å². The van der Waals surface area contributed by atoms with Gasteiger partial charge in [-0.2, -0.15) is 5.26 Å². The number of allylic oxidation sites excluding steroid dienone is 1. The Morgan fingerprint density at radius 3 is 1.69 bits per heavy atom. The number of amides is 2. The van der Waals surface area contributed by atoms with Gasteiger partial charge >= 0.3 is 5.97 Å². The lowest BCUT2D eigenvalue weighted by molar-refractivity contribution is -0.136. The Kier molecular flexibility index (Phi) is 14.0. The number of anilines is 1. The van der Waals surface area contributed by atoms with Gasteiger partial charge in [0.05, 0.1) is 18.9 Å². The second-order valence-electron chi connectivity index (χ2n) is 5.90. The summed E-state index contributed by atoms with van der Waals surface area (Å²) < 4.78 is 4.27. The van der Waals surface area contributed by atoms with E-state index < -0.39 is 0 Å². The Labute approximate surface area is 189 Å². The van der Waals surface area contributed by atoms with E-state index in [0.29, 0.717) is 11.3 Å². The fourth-order valence-corrected chi connectivity index (χ4v) is 2.00. The van der Waals surface area contributed by atoms with Crippen LogP contribution in [0.3, 0.4) is 0 Å². The normalized spacial score (nSPS) is 10.6. The molecule has 0 saturated heterocycles. The van der Waals surface area contributed by atoms with Crippen molar-refractivity contribution in [1.29, 1.82) is 5.26 Å². The molecule has 6 heteroatoms. The van der Waals surface area contributed by atoms with Gasteiger partial charge in [-0.1, -0.05) is 74.3 Å². The van der Waals surface area contributed by atoms with E-state index in [2.05, 4.69) is 24.5 Å². The van der Waals surface area contributed by atoms with Crippen LogP contribution in [-0.4, -0.2) is 24.9 Å². The highest BCUT2D eigenvalue weighted by molar-refractivity contribution is 6.28. The van der Waals surface area contributed by atoms with E-state index in [-0.39, 0.29) is 17.8 Å². The van der Waals surface area contributed by atoms with E-state index in [4.69, 9.17) is 5.26 Å². The van der Waals surface area contributed by atoms with Gasteiger partial charge in [0.25, 0.3) is 11.8 Å². The number of nitriles is 1. The summed E-state index contributed by atoms with van der Waals surface area (Å²) in [5, 5.41) is 7.51. The van der Waals surface area contributed by atoms with Crippen molar-refractivity contribution in [3.05, 3.63) is 110 Å².